The van der Waals surface area contributed by atoms with Gasteiger partial charge in [0, 0.05) is 38.4 Å². The minimum atomic E-state index is -0.445. The van der Waals surface area contributed by atoms with Gasteiger partial charge in [0.2, 0.25) is 0 Å². The maximum absolute atomic E-state index is 12.1. The molecule has 2 aliphatic rings. The summed E-state index contributed by atoms with van der Waals surface area (Å²) in [7, 11) is 0. The van der Waals surface area contributed by atoms with Gasteiger partial charge < -0.3 is 19.9 Å². The molecule has 6 nitrogen and oxygen atoms in total. The van der Waals surface area contributed by atoms with E-state index < -0.39 is 5.60 Å². The predicted octanol–water partition coefficient (Wildman–Crippen LogP) is 2.56. The number of ether oxygens (including phenoxy) is 1. The molecule has 1 atom stereocenters. The van der Waals surface area contributed by atoms with Crippen LogP contribution in [0.1, 0.15) is 45.2 Å². The van der Waals surface area contributed by atoms with E-state index in [1.165, 1.54) is 18.4 Å². The molecule has 2 aliphatic heterocycles. The average Bonchev–Trinajstić information content (AvgIpc) is 3.08. The summed E-state index contributed by atoms with van der Waals surface area (Å²) in [5.74, 6) is 0.987. The number of anilines is 1. The van der Waals surface area contributed by atoms with Crippen molar-refractivity contribution in [3.05, 3.63) is 23.9 Å². The van der Waals surface area contributed by atoms with Gasteiger partial charge in [0.1, 0.15) is 11.4 Å². The fraction of sp³-hybridized carbons (Fsp3) is 0.667. The number of hydrogen-bond acceptors (Lipinski definition) is 5. The lowest BCUT2D eigenvalue weighted by Crippen LogP contribution is -2.50. The summed E-state index contributed by atoms with van der Waals surface area (Å²) < 4.78 is 5.44. The van der Waals surface area contributed by atoms with Crippen LogP contribution in [-0.4, -0.2) is 54.3 Å². The summed E-state index contributed by atoms with van der Waals surface area (Å²) in [5, 5.41) is 3.50. The van der Waals surface area contributed by atoms with Gasteiger partial charge in [0.15, 0.2) is 0 Å². The first-order valence-electron chi connectivity index (χ1n) is 8.84. The quantitative estimate of drug-likeness (QED) is 0.902. The molecule has 2 saturated heterocycles. The smallest absolute Gasteiger partial charge is 0.410 e. The van der Waals surface area contributed by atoms with E-state index in [9.17, 15) is 4.79 Å². The number of amides is 1. The van der Waals surface area contributed by atoms with Gasteiger partial charge in [0.05, 0.1) is 0 Å². The summed E-state index contributed by atoms with van der Waals surface area (Å²) in [6, 6.07) is 4.72. The second-order valence-corrected chi connectivity index (χ2v) is 7.55. The highest BCUT2D eigenvalue weighted by Crippen LogP contribution is 2.24. The summed E-state index contributed by atoms with van der Waals surface area (Å²) in [5.41, 5.74) is 0.823. The summed E-state index contributed by atoms with van der Waals surface area (Å²) in [6.45, 7) is 9.69. The number of carbonyl (C=O) groups excluding carboxylic acids is 1. The molecule has 0 unspecified atom stereocenters. The number of pyridine rings is 1. The molecule has 3 rings (SSSR count). The zero-order chi connectivity index (χ0) is 17.2. The second-order valence-electron chi connectivity index (χ2n) is 7.55. The van der Waals surface area contributed by atoms with Gasteiger partial charge in [-0.2, -0.15) is 0 Å². The minimum absolute atomic E-state index is 0.224. The zero-order valence-electron chi connectivity index (χ0n) is 14.9. The van der Waals surface area contributed by atoms with Crippen LogP contribution in [0.4, 0.5) is 10.6 Å². The molecule has 1 aromatic rings. The molecule has 0 saturated carbocycles. The van der Waals surface area contributed by atoms with E-state index in [0.29, 0.717) is 19.1 Å². The van der Waals surface area contributed by atoms with Gasteiger partial charge in [-0.3, -0.25) is 0 Å². The van der Waals surface area contributed by atoms with Crippen LogP contribution in [0.2, 0.25) is 0 Å². The summed E-state index contributed by atoms with van der Waals surface area (Å²) >= 11 is 0. The highest BCUT2D eigenvalue weighted by atomic mass is 16.6. The van der Waals surface area contributed by atoms with Gasteiger partial charge >= 0.3 is 6.09 Å². The Hall–Kier alpha value is -1.82. The number of piperazine rings is 1. The van der Waals surface area contributed by atoms with Gasteiger partial charge in [-0.05, 0) is 51.8 Å². The maximum Gasteiger partial charge on any atom is 0.410 e. The Kier molecular flexibility index (Phi) is 4.94. The number of nitrogens with one attached hydrogen (secondary N) is 1. The molecular weight excluding hydrogens is 304 g/mol. The van der Waals surface area contributed by atoms with Crippen molar-refractivity contribution in [2.45, 2.75) is 45.3 Å². The zero-order valence-corrected chi connectivity index (χ0v) is 14.9. The van der Waals surface area contributed by atoms with Crippen molar-refractivity contribution >= 4 is 11.9 Å². The van der Waals surface area contributed by atoms with Crippen LogP contribution in [-0.2, 0) is 4.74 Å². The van der Waals surface area contributed by atoms with Crippen LogP contribution >= 0.6 is 0 Å². The molecule has 1 aromatic heterocycles. The van der Waals surface area contributed by atoms with E-state index in [1.807, 2.05) is 27.0 Å². The van der Waals surface area contributed by atoms with Crippen LogP contribution < -0.4 is 10.2 Å². The van der Waals surface area contributed by atoms with Crippen molar-refractivity contribution in [2.24, 2.45) is 0 Å². The second kappa shape index (κ2) is 6.97. The van der Waals surface area contributed by atoms with E-state index in [0.717, 1.165) is 25.5 Å². The standard InChI is InChI=1S/C18H28N4O2/c1-18(2,3)24-17(23)22-11-9-21(10-12-22)16-7-6-14(13-20-16)15-5-4-8-19-15/h6-7,13,15,19H,4-5,8-12H2,1-3H3/t15-/m1/s1. The fourth-order valence-electron chi connectivity index (χ4n) is 3.20. The lowest BCUT2D eigenvalue weighted by molar-refractivity contribution is 0.0240. The Balaban J connectivity index is 1.53. The minimum Gasteiger partial charge on any atom is -0.444 e. The monoisotopic (exact) mass is 332 g/mol. The number of rotatable bonds is 2. The topological polar surface area (TPSA) is 57.7 Å². The number of hydrogen-bond donors (Lipinski definition) is 1. The third-order valence-electron chi connectivity index (χ3n) is 4.49. The van der Waals surface area contributed by atoms with Gasteiger partial charge in [-0.1, -0.05) is 6.07 Å². The number of carbonyl (C=O) groups is 1. The van der Waals surface area contributed by atoms with Crippen molar-refractivity contribution in [3.8, 4) is 0 Å². The van der Waals surface area contributed by atoms with Crippen molar-refractivity contribution in [2.75, 3.05) is 37.6 Å². The number of aromatic nitrogens is 1. The molecule has 132 valence electrons. The average molecular weight is 332 g/mol. The Labute approximate surface area is 144 Å². The van der Waals surface area contributed by atoms with Crippen LogP contribution in [0.3, 0.4) is 0 Å². The maximum atomic E-state index is 12.1. The molecule has 0 aromatic carbocycles. The molecule has 2 fully saturated rings. The Morgan fingerprint density at radius 1 is 1.25 bits per heavy atom. The molecule has 0 bridgehead atoms. The van der Waals surface area contributed by atoms with E-state index in [1.54, 1.807) is 4.90 Å². The lowest BCUT2D eigenvalue weighted by atomic mass is 10.1. The summed E-state index contributed by atoms with van der Waals surface area (Å²) in [4.78, 5) is 20.7. The molecular formula is C18H28N4O2. The lowest BCUT2D eigenvalue weighted by Gasteiger charge is -2.36. The molecule has 0 spiro atoms. The highest BCUT2D eigenvalue weighted by molar-refractivity contribution is 5.68. The molecule has 0 aliphatic carbocycles. The van der Waals surface area contributed by atoms with Crippen LogP contribution in [0.5, 0.6) is 0 Å². The van der Waals surface area contributed by atoms with Gasteiger partial charge in [0.25, 0.3) is 0 Å². The van der Waals surface area contributed by atoms with Crippen LogP contribution in [0.15, 0.2) is 18.3 Å². The first-order valence-corrected chi connectivity index (χ1v) is 8.84. The van der Waals surface area contributed by atoms with E-state index in [2.05, 4.69) is 27.3 Å². The van der Waals surface area contributed by atoms with Crippen molar-refractivity contribution < 1.29 is 9.53 Å². The molecule has 1 amide bonds. The normalized spacial score (nSPS) is 21.9. The molecule has 24 heavy (non-hydrogen) atoms. The van der Waals surface area contributed by atoms with Gasteiger partial charge in [-0.15, -0.1) is 0 Å². The van der Waals surface area contributed by atoms with Crippen molar-refractivity contribution in [1.29, 1.82) is 0 Å². The van der Waals surface area contributed by atoms with Gasteiger partial charge in [-0.25, -0.2) is 9.78 Å². The third-order valence-corrected chi connectivity index (χ3v) is 4.49. The van der Waals surface area contributed by atoms with Crippen LogP contribution in [0.25, 0.3) is 0 Å². The Morgan fingerprint density at radius 2 is 2.00 bits per heavy atom. The molecule has 1 N–H and O–H groups in total. The highest BCUT2D eigenvalue weighted by Gasteiger charge is 2.26. The van der Waals surface area contributed by atoms with E-state index >= 15 is 0 Å². The van der Waals surface area contributed by atoms with E-state index in [-0.39, 0.29) is 6.09 Å². The largest absolute Gasteiger partial charge is 0.444 e. The SMILES string of the molecule is CC(C)(C)OC(=O)N1CCN(c2ccc([C@H]3CCCN3)cn2)CC1. The molecule has 3 heterocycles. The number of nitrogens with zero attached hydrogens (tertiary/aromatic N) is 3. The first-order chi connectivity index (χ1) is 11.4. The van der Waals surface area contributed by atoms with E-state index in [4.69, 9.17) is 4.74 Å². The molecule has 0 radical (unpaired) electrons. The van der Waals surface area contributed by atoms with Crippen molar-refractivity contribution in [3.63, 3.8) is 0 Å². The fourth-order valence-corrected chi connectivity index (χ4v) is 3.20. The Morgan fingerprint density at radius 3 is 2.54 bits per heavy atom. The summed E-state index contributed by atoms with van der Waals surface area (Å²) in [6.07, 6.45) is 4.19. The Bertz CT molecular complexity index is 553. The van der Waals surface area contributed by atoms with Crippen molar-refractivity contribution in [1.82, 2.24) is 15.2 Å². The molecule has 6 heteroatoms. The third kappa shape index (κ3) is 4.17. The van der Waals surface area contributed by atoms with Crippen LogP contribution in [0, 0.1) is 0 Å². The predicted molar refractivity (Wildman–Crippen MR) is 94.2 cm³/mol. The first kappa shape index (κ1) is 17.0.